The molecule has 154 valence electrons. The number of aryl methyl sites for hydroxylation is 2. The van der Waals surface area contributed by atoms with Gasteiger partial charge in [0.2, 0.25) is 5.95 Å². The van der Waals surface area contributed by atoms with E-state index in [1.807, 2.05) is 4.57 Å². The summed E-state index contributed by atoms with van der Waals surface area (Å²) in [6, 6.07) is 1.80. The van der Waals surface area contributed by atoms with E-state index in [1.54, 1.807) is 37.3 Å². The Balaban J connectivity index is 1.62. The largest absolute Gasteiger partial charge is 0.342 e. The highest BCUT2D eigenvalue weighted by molar-refractivity contribution is 7.99. The Kier molecular flexibility index (Phi) is 5.70. The number of imidazole rings is 1. The Morgan fingerprint density at radius 3 is 2.66 bits per heavy atom. The van der Waals surface area contributed by atoms with E-state index in [4.69, 9.17) is 4.98 Å². The number of fused-ring (bicyclic) bond motifs is 1. The van der Waals surface area contributed by atoms with Crippen LogP contribution in [0.15, 0.2) is 33.2 Å². The summed E-state index contributed by atoms with van der Waals surface area (Å²) >= 11 is 1.59. The molecule has 1 aliphatic rings. The van der Waals surface area contributed by atoms with Gasteiger partial charge in [0.1, 0.15) is 0 Å². The molecule has 1 aliphatic heterocycles. The smallest absolute Gasteiger partial charge is 0.329 e. The third kappa shape index (κ3) is 4.07. The molecule has 4 heterocycles. The second-order valence-corrected chi connectivity index (χ2v) is 8.52. The Bertz CT molecular complexity index is 1100. The first-order valence-corrected chi connectivity index (χ1v) is 10.9. The number of thioether (sulfide) groups is 1. The molecule has 1 fully saturated rings. The molecule has 3 aromatic rings. The van der Waals surface area contributed by atoms with E-state index in [-0.39, 0.29) is 5.56 Å². The molecular weight excluding hydrogens is 390 g/mol. The summed E-state index contributed by atoms with van der Waals surface area (Å²) in [4.78, 5) is 42.5. The topological polar surface area (TPSA) is 102 Å². The number of hydrogen-bond acceptors (Lipinski definition) is 7. The van der Waals surface area contributed by atoms with Crippen LogP contribution in [-0.2, 0) is 13.6 Å². The Morgan fingerprint density at radius 1 is 1.21 bits per heavy atom. The molecule has 0 amide bonds. The van der Waals surface area contributed by atoms with Gasteiger partial charge in [0.05, 0.1) is 0 Å². The van der Waals surface area contributed by atoms with Gasteiger partial charge in [0, 0.05) is 44.8 Å². The number of hydrogen-bond donors (Lipinski definition) is 1. The molecule has 9 nitrogen and oxygen atoms in total. The number of H-pyrrole nitrogens is 1. The Morgan fingerprint density at radius 2 is 1.93 bits per heavy atom. The highest BCUT2D eigenvalue weighted by atomic mass is 32.2. The van der Waals surface area contributed by atoms with Crippen molar-refractivity contribution in [2.45, 2.75) is 37.9 Å². The minimum Gasteiger partial charge on any atom is -0.342 e. The molecule has 3 aromatic heterocycles. The molecule has 0 radical (unpaired) electrons. The van der Waals surface area contributed by atoms with Crippen molar-refractivity contribution in [2.75, 3.05) is 23.7 Å². The first-order valence-electron chi connectivity index (χ1n) is 9.89. The third-order valence-corrected chi connectivity index (χ3v) is 6.31. The van der Waals surface area contributed by atoms with Gasteiger partial charge in [-0.05, 0) is 31.2 Å². The molecule has 0 atom stereocenters. The minimum atomic E-state index is -0.442. The molecule has 4 rings (SSSR count). The third-order valence-electron chi connectivity index (χ3n) is 5.35. The number of nitrogens with one attached hydrogen (secondary N) is 1. The van der Waals surface area contributed by atoms with Crippen LogP contribution in [0, 0.1) is 5.92 Å². The van der Waals surface area contributed by atoms with Gasteiger partial charge in [-0.1, -0.05) is 18.7 Å². The predicted molar refractivity (Wildman–Crippen MR) is 114 cm³/mol. The summed E-state index contributed by atoms with van der Waals surface area (Å²) in [6.07, 6.45) is 6.48. The Hall–Kier alpha value is -2.62. The van der Waals surface area contributed by atoms with Crippen LogP contribution in [0.3, 0.4) is 0 Å². The fourth-order valence-electron chi connectivity index (χ4n) is 3.63. The molecular formula is C19H25N7O2S. The van der Waals surface area contributed by atoms with Crippen molar-refractivity contribution in [1.29, 1.82) is 0 Å². The molecule has 1 saturated heterocycles. The summed E-state index contributed by atoms with van der Waals surface area (Å²) in [5.74, 6) is 2.29. The van der Waals surface area contributed by atoms with Gasteiger partial charge in [0.25, 0.3) is 5.56 Å². The molecule has 1 N–H and O–H groups in total. The maximum atomic E-state index is 12.6. The number of nitrogens with zero attached hydrogens (tertiary/aromatic N) is 6. The zero-order chi connectivity index (χ0) is 20.4. The van der Waals surface area contributed by atoms with Gasteiger partial charge in [-0.3, -0.25) is 14.3 Å². The lowest BCUT2D eigenvalue weighted by Crippen LogP contribution is -2.35. The van der Waals surface area contributed by atoms with E-state index < -0.39 is 5.69 Å². The van der Waals surface area contributed by atoms with Gasteiger partial charge < -0.3 is 9.47 Å². The molecule has 0 spiro atoms. The number of aromatic nitrogens is 6. The lowest BCUT2D eigenvalue weighted by molar-refractivity contribution is 0.431. The van der Waals surface area contributed by atoms with Gasteiger partial charge in [-0.2, -0.15) is 4.98 Å². The number of rotatable bonds is 6. The summed E-state index contributed by atoms with van der Waals surface area (Å²) < 4.78 is 3.38. The van der Waals surface area contributed by atoms with Crippen LogP contribution in [0.4, 0.5) is 5.95 Å². The molecule has 0 aliphatic carbocycles. The van der Waals surface area contributed by atoms with E-state index in [0.717, 1.165) is 49.2 Å². The van der Waals surface area contributed by atoms with Crippen molar-refractivity contribution in [3.8, 4) is 0 Å². The van der Waals surface area contributed by atoms with Gasteiger partial charge in [0.15, 0.2) is 16.3 Å². The van der Waals surface area contributed by atoms with E-state index >= 15 is 0 Å². The van der Waals surface area contributed by atoms with Crippen LogP contribution >= 0.6 is 11.8 Å². The monoisotopic (exact) mass is 415 g/mol. The highest BCUT2D eigenvalue weighted by Gasteiger charge is 2.24. The number of piperidine rings is 1. The fraction of sp³-hybridized carbons (Fsp3) is 0.526. The van der Waals surface area contributed by atoms with Crippen LogP contribution < -0.4 is 16.1 Å². The summed E-state index contributed by atoms with van der Waals surface area (Å²) in [5, 5.41) is 0.744. The van der Waals surface area contributed by atoms with Crippen molar-refractivity contribution in [2.24, 2.45) is 13.0 Å². The van der Waals surface area contributed by atoms with Gasteiger partial charge >= 0.3 is 5.69 Å². The van der Waals surface area contributed by atoms with Crippen LogP contribution in [-0.4, -0.2) is 47.9 Å². The quantitative estimate of drug-likeness (QED) is 0.371. The molecule has 29 heavy (non-hydrogen) atoms. The zero-order valence-corrected chi connectivity index (χ0v) is 17.5. The maximum Gasteiger partial charge on any atom is 0.329 e. The number of anilines is 1. The minimum absolute atomic E-state index is 0.383. The van der Waals surface area contributed by atoms with Crippen molar-refractivity contribution in [1.82, 2.24) is 29.1 Å². The van der Waals surface area contributed by atoms with E-state index in [2.05, 4.69) is 26.8 Å². The summed E-state index contributed by atoms with van der Waals surface area (Å²) in [7, 11) is 1.64. The van der Waals surface area contributed by atoms with E-state index in [0.29, 0.717) is 23.6 Å². The zero-order valence-electron chi connectivity index (χ0n) is 16.7. The summed E-state index contributed by atoms with van der Waals surface area (Å²) in [6.45, 7) is 4.71. The van der Waals surface area contributed by atoms with Crippen LogP contribution in [0.2, 0.25) is 0 Å². The second-order valence-electron chi connectivity index (χ2n) is 7.46. The van der Waals surface area contributed by atoms with Crippen molar-refractivity contribution >= 4 is 28.9 Å². The van der Waals surface area contributed by atoms with Crippen LogP contribution in [0.25, 0.3) is 11.2 Å². The number of aromatic amines is 1. The standard InChI is InChI=1S/C19H25N7O2S/c1-13-5-10-25(11-6-13)18-22-15-14(16(27)23-19(28)24(15)2)26(18)9-4-12-29-17-20-7-3-8-21-17/h3,7-8,13H,4-6,9-12H2,1-2H3,(H,23,27,28). The van der Waals surface area contributed by atoms with Crippen molar-refractivity contribution < 1.29 is 0 Å². The first kappa shape index (κ1) is 19.7. The first-order chi connectivity index (χ1) is 14.0. The Labute approximate surface area is 172 Å². The van der Waals surface area contributed by atoms with Crippen LogP contribution in [0.5, 0.6) is 0 Å². The van der Waals surface area contributed by atoms with E-state index in [1.165, 1.54) is 4.57 Å². The SMILES string of the molecule is CC1CCN(c2nc3c(c(=O)[nH]c(=O)n3C)n2CCCSc2ncccn2)CC1. The second kappa shape index (κ2) is 8.40. The van der Waals surface area contributed by atoms with Gasteiger partial charge in [-0.25, -0.2) is 14.8 Å². The predicted octanol–water partition coefficient (Wildman–Crippen LogP) is 1.63. The average molecular weight is 416 g/mol. The maximum absolute atomic E-state index is 12.6. The van der Waals surface area contributed by atoms with Gasteiger partial charge in [-0.15, -0.1) is 0 Å². The molecule has 0 bridgehead atoms. The molecule has 0 aromatic carbocycles. The molecule has 0 saturated carbocycles. The highest BCUT2D eigenvalue weighted by Crippen LogP contribution is 2.25. The lowest BCUT2D eigenvalue weighted by Gasteiger charge is -2.31. The fourth-order valence-corrected chi connectivity index (χ4v) is 4.36. The van der Waals surface area contributed by atoms with Crippen molar-refractivity contribution in [3.05, 3.63) is 39.3 Å². The normalized spacial score (nSPS) is 15.3. The molecule has 10 heteroatoms. The lowest BCUT2D eigenvalue weighted by atomic mass is 10.00. The average Bonchev–Trinajstić information content (AvgIpc) is 3.11. The van der Waals surface area contributed by atoms with Crippen LogP contribution in [0.1, 0.15) is 26.2 Å². The van der Waals surface area contributed by atoms with E-state index in [9.17, 15) is 9.59 Å². The molecule has 0 unspecified atom stereocenters. The van der Waals surface area contributed by atoms with Crippen molar-refractivity contribution in [3.63, 3.8) is 0 Å². The summed E-state index contributed by atoms with van der Waals surface area (Å²) in [5.41, 5.74) is 0.0714.